The van der Waals surface area contributed by atoms with E-state index in [4.69, 9.17) is 12.2 Å². The number of ether oxygens (including phenoxy) is 2. The average molecular weight is 567 g/mol. The first-order valence-corrected chi connectivity index (χ1v) is 14.4. The Kier molecular flexibility index (Phi) is 8.18. The van der Waals surface area contributed by atoms with Crippen molar-refractivity contribution in [1.29, 1.82) is 0 Å². The Labute approximate surface area is 256 Å². The second-order valence-electron chi connectivity index (χ2n) is 9.90. The number of benzene rings is 6. The van der Waals surface area contributed by atoms with Gasteiger partial charge in [-0.3, -0.25) is 0 Å². The molecule has 0 saturated carbocycles. The Morgan fingerprint density at radius 2 is 0.674 bits per heavy atom. The lowest BCUT2D eigenvalue weighted by Gasteiger charge is -2.25. The molecule has 0 radical (unpaired) electrons. The molecule has 0 spiro atoms. The third-order valence-corrected chi connectivity index (χ3v) is 6.96. The molecule has 0 heterocycles. The Balaban J connectivity index is 1.03. The van der Waals surface area contributed by atoms with Crippen LogP contribution >= 0.6 is 0 Å². The van der Waals surface area contributed by atoms with Crippen molar-refractivity contribution in [2.75, 3.05) is 23.0 Å². The van der Waals surface area contributed by atoms with Gasteiger partial charge in [0.2, 0.25) is 0 Å². The van der Waals surface area contributed by atoms with E-state index in [2.05, 4.69) is 58.3 Å². The quantitative estimate of drug-likeness (QED) is 0.138. The number of para-hydroxylation sites is 4. The molecule has 0 N–H and O–H groups in total. The molecular formula is C39H34N2O2. The van der Waals surface area contributed by atoms with Gasteiger partial charge in [0.05, 0.1) is 16.0 Å². The fourth-order valence-corrected chi connectivity index (χ4v) is 4.92. The molecule has 0 aliphatic heterocycles. The van der Waals surface area contributed by atoms with Gasteiger partial charge < -0.3 is 19.3 Å². The van der Waals surface area contributed by atoms with Crippen LogP contribution < -0.4 is 19.3 Å². The highest BCUT2D eigenvalue weighted by Crippen LogP contribution is 2.36. The number of anilines is 6. The molecule has 0 atom stereocenters. The van der Waals surface area contributed by atoms with Gasteiger partial charge in [-0.2, -0.15) is 0 Å². The highest BCUT2D eigenvalue weighted by atomic mass is 16.5. The minimum Gasteiger partial charge on any atom is -0.493 e. The molecule has 4 heteroatoms. The van der Waals surface area contributed by atoms with Crippen molar-refractivity contribution in [3.05, 3.63) is 170 Å². The summed E-state index contributed by atoms with van der Waals surface area (Å²) in [6, 6.07) is 52.6. The molecule has 6 aromatic carbocycles. The van der Waals surface area contributed by atoms with Crippen LogP contribution in [0.5, 0.6) is 11.5 Å². The fraction of sp³-hybridized carbons (Fsp3) is 0.0769. The van der Waals surface area contributed by atoms with Crippen molar-refractivity contribution in [3.8, 4) is 11.5 Å². The maximum Gasteiger partial charge on any atom is 0.119 e. The molecule has 0 bridgehead atoms. The third kappa shape index (κ3) is 7.06. The zero-order valence-electron chi connectivity index (χ0n) is 25.8. The Morgan fingerprint density at radius 1 is 0.372 bits per heavy atom. The van der Waals surface area contributed by atoms with Gasteiger partial charge in [-0.1, -0.05) is 72.7 Å². The van der Waals surface area contributed by atoms with Gasteiger partial charge in [0.1, 0.15) is 11.5 Å². The van der Waals surface area contributed by atoms with Crippen LogP contribution in [-0.2, 0) is 0 Å². The zero-order valence-corrected chi connectivity index (χ0v) is 23.8. The van der Waals surface area contributed by atoms with Gasteiger partial charge in [0, 0.05) is 40.5 Å². The lowest BCUT2D eigenvalue weighted by atomic mass is 10.2. The van der Waals surface area contributed by atoms with E-state index in [1.807, 2.05) is 84.9 Å². The molecule has 43 heavy (non-hydrogen) atoms. The van der Waals surface area contributed by atoms with E-state index >= 15 is 0 Å². The van der Waals surface area contributed by atoms with Gasteiger partial charge in [-0.15, -0.1) is 0 Å². The molecule has 212 valence electrons. The van der Waals surface area contributed by atoms with E-state index in [9.17, 15) is 0 Å². The lowest BCUT2D eigenvalue weighted by molar-refractivity contribution is 0.247. The van der Waals surface area contributed by atoms with Crippen LogP contribution in [0, 0.1) is 0 Å². The molecule has 0 aliphatic carbocycles. The molecule has 0 aliphatic rings. The maximum atomic E-state index is 7.85. The van der Waals surface area contributed by atoms with E-state index in [0.29, 0.717) is 25.3 Å². The zero-order chi connectivity index (χ0) is 30.8. The lowest BCUT2D eigenvalue weighted by Crippen LogP contribution is -2.10. The van der Waals surface area contributed by atoms with Crippen molar-refractivity contribution < 1.29 is 12.2 Å². The normalized spacial score (nSPS) is 11.3. The predicted octanol–water partition coefficient (Wildman–Crippen LogP) is 10.5. The molecular weight excluding hydrogens is 528 g/mol. The largest absolute Gasteiger partial charge is 0.493 e. The Morgan fingerprint density at radius 3 is 1.02 bits per heavy atom. The summed E-state index contributed by atoms with van der Waals surface area (Å²) in [5, 5.41) is 0. The highest BCUT2D eigenvalue weighted by Gasteiger charge is 2.13. The van der Waals surface area contributed by atoms with E-state index in [1.165, 1.54) is 0 Å². The number of hydrogen-bond acceptors (Lipinski definition) is 4. The summed E-state index contributed by atoms with van der Waals surface area (Å²) in [6.07, 6.45) is 0.745. The molecule has 0 saturated heterocycles. The van der Waals surface area contributed by atoms with E-state index < -0.39 is 0 Å². The number of rotatable bonds is 12. The van der Waals surface area contributed by atoms with Crippen molar-refractivity contribution in [3.63, 3.8) is 0 Å². The predicted molar refractivity (Wildman–Crippen MR) is 178 cm³/mol. The van der Waals surface area contributed by atoms with E-state index in [-0.39, 0.29) is 0 Å². The van der Waals surface area contributed by atoms with Crippen LogP contribution in [0.4, 0.5) is 34.1 Å². The van der Waals surface area contributed by atoms with Gasteiger partial charge in [-0.25, -0.2) is 0 Å². The van der Waals surface area contributed by atoms with Crippen LogP contribution in [0.15, 0.2) is 170 Å². The van der Waals surface area contributed by atoms with Gasteiger partial charge in [0.25, 0.3) is 0 Å². The summed E-state index contributed by atoms with van der Waals surface area (Å²) in [5.74, 6) is 1.61. The van der Waals surface area contributed by atoms with Crippen molar-refractivity contribution >= 4 is 34.1 Å². The average Bonchev–Trinajstić information content (AvgIpc) is 3.09. The molecule has 6 rings (SSSR count). The topological polar surface area (TPSA) is 24.9 Å². The van der Waals surface area contributed by atoms with Crippen molar-refractivity contribution in [2.45, 2.75) is 6.42 Å². The summed E-state index contributed by atoms with van der Waals surface area (Å²) in [6.45, 7) is 1.08. The van der Waals surface area contributed by atoms with Gasteiger partial charge >= 0.3 is 0 Å². The van der Waals surface area contributed by atoms with Crippen LogP contribution in [0.2, 0.25) is 0 Å². The second kappa shape index (κ2) is 13.9. The van der Waals surface area contributed by atoms with Crippen molar-refractivity contribution in [2.24, 2.45) is 0 Å². The molecule has 4 nitrogen and oxygen atoms in total. The summed E-state index contributed by atoms with van der Waals surface area (Å²) in [5.41, 5.74) is 6.10. The summed E-state index contributed by atoms with van der Waals surface area (Å²) in [4.78, 5) is 4.32. The Bertz CT molecular complexity index is 1630. The van der Waals surface area contributed by atoms with E-state index in [0.717, 1.165) is 52.0 Å². The third-order valence-electron chi connectivity index (χ3n) is 6.96. The van der Waals surface area contributed by atoms with Gasteiger partial charge in [0.15, 0.2) is 0 Å². The standard InChI is InChI=1S/C39H34N2O2/c1-5-14-32(15-6-1)40(33-16-7-2-8-17-33)36-22-26-38(27-23-36)42-30-13-31-43-39-28-24-37(25-29-39)41(34-18-9-3-10-19-34)35-20-11-4-12-21-35/h1-12,14-29H,13,30-31H2/i1T,3T. The highest BCUT2D eigenvalue weighted by molar-refractivity contribution is 5.77. The monoisotopic (exact) mass is 566 g/mol. The molecule has 0 fully saturated rings. The first-order chi connectivity index (χ1) is 22.1. The molecule has 6 aromatic rings. The number of nitrogens with zero attached hydrogens (tertiary/aromatic N) is 2. The smallest absolute Gasteiger partial charge is 0.119 e. The van der Waals surface area contributed by atoms with E-state index in [1.54, 1.807) is 24.3 Å². The number of hydrogen-bond donors (Lipinski definition) is 0. The van der Waals surface area contributed by atoms with Crippen LogP contribution in [0.1, 0.15) is 9.16 Å². The SMILES string of the molecule is [3H]c1ccc(N(c2ccccc2)c2ccc(OCCCOc3ccc(N(c4ccccc4)c4ccc([3H])cc4)cc3)cc2)cc1. The minimum absolute atomic E-state index is 0.485. The Hall–Kier alpha value is -5.48. The molecule has 0 aromatic heterocycles. The summed E-state index contributed by atoms with van der Waals surface area (Å²) in [7, 11) is 0. The molecule has 0 unspecified atom stereocenters. The fourth-order valence-electron chi connectivity index (χ4n) is 4.92. The van der Waals surface area contributed by atoms with Crippen LogP contribution in [0.3, 0.4) is 0 Å². The molecule has 0 amide bonds. The van der Waals surface area contributed by atoms with Crippen molar-refractivity contribution in [1.82, 2.24) is 0 Å². The van der Waals surface area contributed by atoms with Gasteiger partial charge in [-0.05, 0) is 97.1 Å². The van der Waals surface area contributed by atoms with Crippen LogP contribution in [0.25, 0.3) is 0 Å². The summed E-state index contributed by atoms with van der Waals surface area (Å²) < 4.78 is 27.7. The minimum atomic E-state index is 0.485. The first-order valence-electron chi connectivity index (χ1n) is 15.4. The summed E-state index contributed by atoms with van der Waals surface area (Å²) >= 11 is 0. The maximum absolute atomic E-state index is 7.85. The first kappa shape index (κ1) is 25.2. The van der Waals surface area contributed by atoms with Crippen LogP contribution in [-0.4, -0.2) is 13.2 Å². The second-order valence-corrected chi connectivity index (χ2v) is 9.90.